The largest absolute Gasteiger partial charge is 0.493 e. The predicted molar refractivity (Wildman–Crippen MR) is 152 cm³/mol. The molecule has 0 aliphatic heterocycles. The number of para-hydroxylation sites is 1. The van der Waals surface area contributed by atoms with Gasteiger partial charge in [-0.1, -0.05) is 39.7 Å². The predicted octanol–water partition coefficient (Wildman–Crippen LogP) is 6.06. The van der Waals surface area contributed by atoms with Crippen molar-refractivity contribution in [1.29, 1.82) is 0 Å². The normalized spacial score (nSPS) is 12.2. The van der Waals surface area contributed by atoms with Crippen molar-refractivity contribution in [2.45, 2.75) is 13.0 Å². The van der Waals surface area contributed by atoms with E-state index in [4.69, 9.17) is 35.2 Å². The van der Waals surface area contributed by atoms with E-state index < -0.39 is 17.6 Å². The van der Waals surface area contributed by atoms with Crippen LogP contribution >= 0.6 is 27.5 Å². The topological polar surface area (TPSA) is 105 Å². The molecular weight excluding hydrogens is 590 g/mol. The van der Waals surface area contributed by atoms with Crippen LogP contribution in [0.5, 0.6) is 11.5 Å². The van der Waals surface area contributed by atoms with Gasteiger partial charge in [-0.3, -0.25) is 4.79 Å². The summed E-state index contributed by atoms with van der Waals surface area (Å²) in [5.41, 5.74) is 1.06. The molecule has 198 valence electrons. The Morgan fingerprint density at radius 3 is 2.72 bits per heavy atom. The number of nitrogens with zero attached hydrogens (tertiary/aromatic N) is 3. The number of carbonyl (C=O) groups is 1. The van der Waals surface area contributed by atoms with E-state index in [2.05, 4.69) is 21.0 Å². The molecule has 0 radical (unpaired) electrons. The second kappa shape index (κ2) is 10.9. The third-order valence-corrected chi connectivity index (χ3v) is 6.57. The molecule has 2 aromatic heterocycles. The first-order valence-electron chi connectivity index (χ1n) is 11.7. The Labute approximate surface area is 235 Å². The van der Waals surface area contributed by atoms with E-state index in [1.54, 1.807) is 42.5 Å². The second-order valence-electron chi connectivity index (χ2n) is 8.42. The number of aromatic nitrogens is 2. The molecule has 11 heteroatoms. The van der Waals surface area contributed by atoms with Gasteiger partial charge in [-0.25, -0.2) is 9.78 Å². The lowest BCUT2D eigenvalue weighted by Gasteiger charge is -2.17. The molecular formula is C28H21BrClN3O6. The van der Waals surface area contributed by atoms with Gasteiger partial charge in [0.25, 0.3) is 5.56 Å². The molecule has 1 atom stereocenters. The van der Waals surface area contributed by atoms with Gasteiger partial charge in [0.2, 0.25) is 5.82 Å². The molecule has 0 N–H and O–H groups in total. The van der Waals surface area contributed by atoms with Crippen LogP contribution in [0.25, 0.3) is 33.5 Å². The van der Waals surface area contributed by atoms with Crippen molar-refractivity contribution in [3.8, 4) is 23.1 Å². The van der Waals surface area contributed by atoms with E-state index in [1.807, 2.05) is 18.2 Å². The standard InChI is InChI=1S/C28H21BrClN3O6/c1-15(28(35)37-3)38-25-17(11-19(30)13-23(25)36-2)14-31-33-26(32-21-7-5-4-6-20(21)27(33)34)24-12-16-10-18(29)8-9-22(16)39-24/h4-15H,1-3H3/t15-/m1/s1. The first kappa shape index (κ1) is 26.5. The number of fused-ring (bicyclic) bond motifs is 2. The Kier molecular flexibility index (Phi) is 7.40. The Bertz CT molecular complexity index is 1810. The van der Waals surface area contributed by atoms with Gasteiger partial charge in [-0.15, -0.1) is 0 Å². The highest BCUT2D eigenvalue weighted by Gasteiger charge is 2.21. The molecule has 0 aliphatic carbocycles. The van der Waals surface area contributed by atoms with Gasteiger partial charge in [0.15, 0.2) is 23.4 Å². The molecule has 5 rings (SSSR count). The lowest BCUT2D eigenvalue weighted by atomic mass is 10.2. The monoisotopic (exact) mass is 609 g/mol. The van der Waals surface area contributed by atoms with Gasteiger partial charge in [-0.05, 0) is 49.4 Å². The van der Waals surface area contributed by atoms with Crippen LogP contribution in [0.2, 0.25) is 5.02 Å². The first-order valence-corrected chi connectivity index (χ1v) is 12.8. The van der Waals surface area contributed by atoms with Crippen molar-refractivity contribution in [2.75, 3.05) is 14.2 Å². The molecule has 0 amide bonds. The van der Waals surface area contributed by atoms with Crippen molar-refractivity contribution >= 4 is 61.6 Å². The lowest BCUT2D eigenvalue weighted by molar-refractivity contribution is -0.147. The van der Waals surface area contributed by atoms with Crippen LogP contribution in [0.4, 0.5) is 0 Å². The van der Waals surface area contributed by atoms with E-state index in [-0.39, 0.29) is 17.3 Å². The molecule has 2 heterocycles. The molecule has 0 fully saturated rings. The summed E-state index contributed by atoms with van der Waals surface area (Å²) in [7, 11) is 2.71. The van der Waals surface area contributed by atoms with Crippen molar-refractivity contribution in [1.82, 2.24) is 9.66 Å². The van der Waals surface area contributed by atoms with E-state index >= 15 is 0 Å². The average Bonchev–Trinajstić information content (AvgIpc) is 3.35. The molecule has 9 nitrogen and oxygen atoms in total. The Morgan fingerprint density at radius 2 is 1.95 bits per heavy atom. The van der Waals surface area contributed by atoms with Crippen molar-refractivity contribution < 1.29 is 23.4 Å². The van der Waals surface area contributed by atoms with Crippen molar-refractivity contribution in [3.05, 3.63) is 86.1 Å². The number of methoxy groups -OCH3 is 2. The zero-order valence-electron chi connectivity index (χ0n) is 21.0. The molecule has 0 saturated carbocycles. The number of ether oxygens (including phenoxy) is 3. The molecule has 0 spiro atoms. The maximum atomic E-state index is 13.6. The number of esters is 1. The van der Waals surface area contributed by atoms with E-state index in [9.17, 15) is 9.59 Å². The summed E-state index contributed by atoms with van der Waals surface area (Å²) in [6.07, 6.45) is 0.432. The number of halogens is 2. The highest BCUT2D eigenvalue weighted by atomic mass is 79.9. The van der Waals surface area contributed by atoms with Crippen LogP contribution in [0.15, 0.2) is 79.4 Å². The van der Waals surface area contributed by atoms with Gasteiger partial charge in [-0.2, -0.15) is 9.78 Å². The Hall–Kier alpha value is -4.15. The summed E-state index contributed by atoms with van der Waals surface area (Å²) < 4.78 is 24.1. The van der Waals surface area contributed by atoms with Crippen molar-refractivity contribution in [2.24, 2.45) is 5.10 Å². The molecule has 3 aromatic carbocycles. The summed E-state index contributed by atoms with van der Waals surface area (Å²) in [5, 5.41) is 6.00. The fraction of sp³-hybridized carbons (Fsp3) is 0.143. The zero-order chi connectivity index (χ0) is 27.7. The minimum absolute atomic E-state index is 0.195. The van der Waals surface area contributed by atoms with Crippen LogP contribution in [-0.4, -0.2) is 42.2 Å². The zero-order valence-corrected chi connectivity index (χ0v) is 23.3. The smallest absolute Gasteiger partial charge is 0.346 e. The second-order valence-corrected chi connectivity index (χ2v) is 9.77. The van der Waals surface area contributed by atoms with Gasteiger partial charge < -0.3 is 18.6 Å². The molecule has 39 heavy (non-hydrogen) atoms. The van der Waals surface area contributed by atoms with Crippen molar-refractivity contribution in [3.63, 3.8) is 0 Å². The first-order chi connectivity index (χ1) is 18.8. The summed E-state index contributed by atoms with van der Waals surface area (Å²) in [4.78, 5) is 30.3. The number of hydrogen-bond donors (Lipinski definition) is 0. The molecule has 0 bridgehead atoms. The Morgan fingerprint density at radius 1 is 1.15 bits per heavy atom. The summed E-state index contributed by atoms with van der Waals surface area (Å²) in [5.74, 6) is 0.431. The van der Waals surface area contributed by atoms with Crippen LogP contribution in [0, 0.1) is 0 Å². The maximum absolute atomic E-state index is 13.6. The van der Waals surface area contributed by atoms with Crippen LogP contribution < -0.4 is 15.0 Å². The van der Waals surface area contributed by atoms with Gasteiger partial charge in [0.05, 0.1) is 31.3 Å². The highest BCUT2D eigenvalue weighted by molar-refractivity contribution is 9.10. The fourth-order valence-corrected chi connectivity index (χ4v) is 4.58. The van der Waals surface area contributed by atoms with E-state index in [0.717, 1.165) is 14.5 Å². The highest BCUT2D eigenvalue weighted by Crippen LogP contribution is 2.35. The molecule has 0 saturated heterocycles. The lowest BCUT2D eigenvalue weighted by Crippen LogP contribution is -2.25. The van der Waals surface area contributed by atoms with Gasteiger partial charge in [0.1, 0.15) is 5.58 Å². The van der Waals surface area contributed by atoms with Crippen LogP contribution in [0.3, 0.4) is 0 Å². The number of rotatable bonds is 7. The molecule has 0 unspecified atom stereocenters. The third kappa shape index (κ3) is 5.25. The van der Waals surface area contributed by atoms with Gasteiger partial charge in [0, 0.05) is 26.5 Å². The number of furan rings is 1. The minimum atomic E-state index is -0.951. The summed E-state index contributed by atoms with van der Waals surface area (Å²) in [6.45, 7) is 1.54. The van der Waals surface area contributed by atoms with Crippen LogP contribution in [0.1, 0.15) is 12.5 Å². The quantitative estimate of drug-likeness (QED) is 0.163. The maximum Gasteiger partial charge on any atom is 0.346 e. The fourth-order valence-electron chi connectivity index (χ4n) is 3.99. The molecule has 5 aromatic rings. The van der Waals surface area contributed by atoms with E-state index in [0.29, 0.717) is 32.8 Å². The molecule has 0 aliphatic rings. The minimum Gasteiger partial charge on any atom is -0.493 e. The summed E-state index contributed by atoms with van der Waals surface area (Å²) in [6, 6.07) is 17.5. The number of hydrogen-bond acceptors (Lipinski definition) is 8. The third-order valence-electron chi connectivity index (χ3n) is 5.86. The number of carbonyl (C=O) groups excluding carboxylic acids is 1. The SMILES string of the molecule is COC(=O)[C@@H](C)Oc1c(C=Nn2c(-c3cc4cc(Br)ccc4o3)nc3ccccc3c2=O)cc(Cl)cc1OC. The Balaban J connectivity index is 1.69. The van der Waals surface area contributed by atoms with Gasteiger partial charge >= 0.3 is 5.97 Å². The van der Waals surface area contributed by atoms with E-state index in [1.165, 1.54) is 27.4 Å². The van der Waals surface area contributed by atoms with Crippen LogP contribution in [-0.2, 0) is 9.53 Å². The average molecular weight is 611 g/mol. The number of benzene rings is 3. The summed E-state index contributed by atoms with van der Waals surface area (Å²) >= 11 is 9.78.